The summed E-state index contributed by atoms with van der Waals surface area (Å²) in [6.07, 6.45) is -4.39. The number of furan rings is 1. The molecule has 5 rings (SSSR count). The lowest BCUT2D eigenvalue weighted by Gasteiger charge is -2.17. The average Bonchev–Trinajstić information content (AvgIpc) is 3.59. The van der Waals surface area contributed by atoms with Gasteiger partial charge in [0, 0.05) is 24.1 Å². The first-order chi connectivity index (χ1) is 19.4. The zero-order chi connectivity index (χ0) is 29.5. The molecule has 0 amide bonds. The van der Waals surface area contributed by atoms with E-state index in [-0.39, 0.29) is 12.3 Å². The van der Waals surface area contributed by atoms with Gasteiger partial charge in [0.2, 0.25) is 0 Å². The number of fused-ring (bicyclic) bond motifs is 1. The van der Waals surface area contributed by atoms with E-state index in [2.05, 4.69) is 4.37 Å². The summed E-state index contributed by atoms with van der Waals surface area (Å²) in [6.45, 7) is 3.35. The third-order valence-electron chi connectivity index (χ3n) is 6.28. The smallest absolute Gasteiger partial charge is 0.431 e. The third-order valence-corrected chi connectivity index (χ3v) is 7.11. The zero-order valence-corrected chi connectivity index (χ0v) is 22.7. The molecule has 0 radical (unpaired) electrons. The average molecular weight is 586 g/mol. The van der Waals surface area contributed by atoms with Gasteiger partial charge in [-0.25, -0.2) is 14.2 Å². The largest absolute Gasteiger partial charge is 0.478 e. The van der Waals surface area contributed by atoms with E-state index in [1.165, 1.54) is 25.3 Å². The third kappa shape index (κ3) is 5.53. The molecule has 0 aliphatic rings. The van der Waals surface area contributed by atoms with Crippen molar-refractivity contribution in [2.75, 3.05) is 0 Å². The predicted octanol–water partition coefficient (Wildman–Crippen LogP) is 5.24. The van der Waals surface area contributed by atoms with Crippen LogP contribution in [-0.2, 0) is 29.4 Å². The Bertz CT molecular complexity index is 1870. The normalized spacial score (nSPS) is 12.4. The first kappa shape index (κ1) is 27.9. The molecule has 0 saturated heterocycles. The van der Waals surface area contributed by atoms with Crippen LogP contribution in [0.25, 0.3) is 27.0 Å². The Morgan fingerprint density at radius 1 is 1.12 bits per heavy atom. The maximum Gasteiger partial charge on any atom is 0.431 e. The van der Waals surface area contributed by atoms with E-state index in [1.807, 2.05) is 6.92 Å². The molecule has 0 aliphatic heterocycles. The van der Waals surface area contributed by atoms with Crippen molar-refractivity contribution >= 4 is 27.6 Å². The molecule has 41 heavy (non-hydrogen) atoms. The number of rotatable bonds is 7. The number of carbonyl (C=O) groups excluding carboxylic acids is 1. The van der Waals surface area contributed by atoms with Crippen LogP contribution in [0.2, 0.25) is 0 Å². The van der Waals surface area contributed by atoms with E-state index in [0.29, 0.717) is 48.1 Å². The number of benzene rings is 2. The molecule has 3 aromatic heterocycles. The van der Waals surface area contributed by atoms with Crippen LogP contribution in [0.5, 0.6) is 5.75 Å². The van der Waals surface area contributed by atoms with Crippen LogP contribution in [0.1, 0.15) is 23.9 Å². The van der Waals surface area contributed by atoms with Gasteiger partial charge >= 0.3 is 17.8 Å². The molecule has 3 heterocycles. The molecule has 1 unspecified atom stereocenters. The van der Waals surface area contributed by atoms with E-state index in [1.54, 1.807) is 36.4 Å². The molecule has 0 spiro atoms. The van der Waals surface area contributed by atoms with Crippen LogP contribution in [0, 0.1) is 6.92 Å². The van der Waals surface area contributed by atoms with Gasteiger partial charge in [0.15, 0.2) is 6.10 Å². The predicted molar refractivity (Wildman–Crippen MR) is 144 cm³/mol. The monoisotopic (exact) mass is 585 g/mol. The Morgan fingerprint density at radius 3 is 2.61 bits per heavy atom. The summed E-state index contributed by atoms with van der Waals surface area (Å²) in [6, 6.07) is 13.6. The van der Waals surface area contributed by atoms with Gasteiger partial charge in [-0.1, -0.05) is 11.6 Å². The molecular formula is C28H22F3N3O6S. The summed E-state index contributed by atoms with van der Waals surface area (Å²) in [5.41, 5.74) is -1.69. The minimum Gasteiger partial charge on any atom is -0.478 e. The van der Waals surface area contributed by atoms with E-state index in [0.717, 1.165) is 24.1 Å². The number of hydrogen-bond donors (Lipinski definition) is 0. The number of alkyl halides is 3. The first-order valence-electron chi connectivity index (χ1n) is 12.2. The first-order valence-corrected chi connectivity index (χ1v) is 13.0. The molecule has 1 atom stereocenters. The van der Waals surface area contributed by atoms with Crippen molar-refractivity contribution in [1.29, 1.82) is 0 Å². The standard InChI is InChI=1S/C28H22F3N3O6S/c1-15-6-8-21(40-16(2)26(36)39-14-18-5-4-10-38-18)19(11-15)25-20-12-17(7-9-22(20)41-32-25)34-24(35)13-23(28(29,30)31)33(3)27(34)37/h4-13,16H,14H2,1-3H3. The Morgan fingerprint density at radius 2 is 1.90 bits per heavy atom. The van der Waals surface area contributed by atoms with Gasteiger partial charge in [-0.15, -0.1) is 0 Å². The highest BCUT2D eigenvalue weighted by Crippen LogP contribution is 2.38. The number of hydrogen-bond acceptors (Lipinski definition) is 8. The molecule has 2 aromatic carbocycles. The second-order valence-electron chi connectivity index (χ2n) is 9.20. The van der Waals surface area contributed by atoms with Gasteiger partial charge in [-0.3, -0.25) is 9.36 Å². The lowest BCUT2D eigenvalue weighted by atomic mass is 10.0. The highest BCUT2D eigenvalue weighted by atomic mass is 32.1. The second kappa shape index (κ2) is 10.7. The van der Waals surface area contributed by atoms with Gasteiger partial charge < -0.3 is 13.9 Å². The highest BCUT2D eigenvalue weighted by Gasteiger charge is 2.35. The van der Waals surface area contributed by atoms with E-state index >= 15 is 0 Å². The van der Waals surface area contributed by atoms with Gasteiger partial charge in [0.1, 0.15) is 23.8 Å². The number of esters is 1. The van der Waals surface area contributed by atoms with Crippen LogP contribution in [0.3, 0.4) is 0 Å². The van der Waals surface area contributed by atoms with E-state index < -0.39 is 35.2 Å². The number of nitrogens with zero attached hydrogens (tertiary/aromatic N) is 3. The van der Waals surface area contributed by atoms with E-state index in [9.17, 15) is 27.6 Å². The van der Waals surface area contributed by atoms with Crippen molar-refractivity contribution in [3.63, 3.8) is 0 Å². The Hall–Kier alpha value is -4.65. The highest BCUT2D eigenvalue weighted by molar-refractivity contribution is 7.13. The van der Waals surface area contributed by atoms with Gasteiger partial charge in [-0.2, -0.15) is 17.5 Å². The minimum absolute atomic E-state index is 0.0530. The summed E-state index contributed by atoms with van der Waals surface area (Å²) in [4.78, 5) is 38.1. The van der Waals surface area contributed by atoms with Crippen LogP contribution in [-0.4, -0.2) is 25.6 Å². The van der Waals surface area contributed by atoms with Crippen LogP contribution >= 0.6 is 11.5 Å². The van der Waals surface area contributed by atoms with Crippen LogP contribution in [0.15, 0.2) is 74.9 Å². The lowest BCUT2D eigenvalue weighted by Crippen LogP contribution is -2.40. The summed E-state index contributed by atoms with van der Waals surface area (Å²) in [5.74, 6) is 0.197. The SMILES string of the molecule is Cc1ccc(OC(C)C(=O)OCc2ccco2)c(-c2nsc3ccc(-n4c(=O)cc(C(F)(F)F)n(C)c4=O)cc23)c1. The van der Waals surface area contributed by atoms with Gasteiger partial charge in [0.05, 0.1) is 22.3 Å². The number of carbonyl (C=O) groups is 1. The molecule has 0 aliphatic carbocycles. The topological polar surface area (TPSA) is 106 Å². The molecule has 13 heteroatoms. The number of halogens is 3. The summed E-state index contributed by atoms with van der Waals surface area (Å²) >= 11 is 1.15. The van der Waals surface area contributed by atoms with E-state index in [4.69, 9.17) is 13.9 Å². The number of aromatic nitrogens is 3. The van der Waals surface area contributed by atoms with Crippen molar-refractivity contribution in [2.24, 2.45) is 7.05 Å². The van der Waals surface area contributed by atoms with Crippen molar-refractivity contribution in [3.05, 3.63) is 98.7 Å². The van der Waals surface area contributed by atoms with Gasteiger partial charge in [-0.05, 0) is 67.8 Å². The van der Waals surface area contributed by atoms with Crippen molar-refractivity contribution in [3.8, 4) is 22.7 Å². The van der Waals surface area contributed by atoms with Crippen LogP contribution < -0.4 is 16.0 Å². The summed E-state index contributed by atoms with van der Waals surface area (Å²) < 4.78 is 62.6. The molecule has 9 nitrogen and oxygen atoms in total. The molecule has 5 aromatic rings. The lowest BCUT2D eigenvalue weighted by molar-refractivity contribution is -0.153. The Balaban J connectivity index is 1.52. The zero-order valence-electron chi connectivity index (χ0n) is 21.9. The fourth-order valence-electron chi connectivity index (χ4n) is 4.22. The summed E-state index contributed by atoms with van der Waals surface area (Å²) in [7, 11) is 0.953. The number of ether oxygens (including phenoxy) is 2. The summed E-state index contributed by atoms with van der Waals surface area (Å²) in [5, 5.41) is 0.532. The molecular weight excluding hydrogens is 563 g/mol. The molecule has 0 N–H and O–H groups in total. The van der Waals surface area contributed by atoms with Crippen molar-refractivity contribution < 1.29 is 31.9 Å². The Kier molecular flexibility index (Phi) is 7.30. The maximum atomic E-state index is 13.3. The molecule has 0 bridgehead atoms. The second-order valence-corrected chi connectivity index (χ2v) is 10.0. The van der Waals surface area contributed by atoms with Gasteiger partial charge in [0.25, 0.3) is 5.56 Å². The van der Waals surface area contributed by atoms with Crippen molar-refractivity contribution in [1.82, 2.24) is 13.5 Å². The quantitative estimate of drug-likeness (QED) is 0.241. The minimum atomic E-state index is -4.87. The Labute approximate surface area is 234 Å². The molecule has 0 saturated carbocycles. The molecule has 212 valence electrons. The fraction of sp³-hybridized carbons (Fsp3) is 0.214. The number of aryl methyl sites for hydroxylation is 1. The molecule has 0 fully saturated rings. The maximum absolute atomic E-state index is 13.3. The van der Waals surface area contributed by atoms with Crippen molar-refractivity contribution in [2.45, 2.75) is 32.7 Å². The van der Waals surface area contributed by atoms with Crippen LogP contribution in [0.4, 0.5) is 13.2 Å². The fourth-order valence-corrected chi connectivity index (χ4v) is 4.99.